The lowest BCUT2D eigenvalue weighted by molar-refractivity contribution is 0.0285. The largest absolute Gasteiger partial charge is 0.444 e. The zero-order valence-electron chi connectivity index (χ0n) is 19.1. The van der Waals surface area contributed by atoms with Gasteiger partial charge in [-0.3, -0.25) is 9.39 Å². The Labute approximate surface area is 210 Å². The van der Waals surface area contributed by atoms with Crippen LogP contribution < -0.4 is 10.6 Å². The fourth-order valence-electron chi connectivity index (χ4n) is 2.88. The molecule has 2 aromatic heterocycles. The van der Waals surface area contributed by atoms with Crippen LogP contribution in [-0.4, -0.2) is 46.0 Å². The summed E-state index contributed by atoms with van der Waals surface area (Å²) >= 11 is 1.61. The van der Waals surface area contributed by atoms with Crippen LogP contribution in [0.1, 0.15) is 37.6 Å². The predicted molar refractivity (Wildman–Crippen MR) is 140 cm³/mol. The van der Waals surface area contributed by atoms with E-state index in [1.165, 1.54) is 0 Å². The third-order valence-electron chi connectivity index (χ3n) is 4.41. The summed E-state index contributed by atoms with van der Waals surface area (Å²) in [7, 11) is 3.49. The van der Waals surface area contributed by atoms with Gasteiger partial charge in [-0.25, -0.2) is 9.78 Å². The second kappa shape index (κ2) is 11.5. The molecule has 1 amide bonds. The number of aliphatic imine (C=N–C) groups is 1. The minimum Gasteiger partial charge on any atom is -0.444 e. The summed E-state index contributed by atoms with van der Waals surface area (Å²) in [6.45, 7) is 7.32. The Balaban J connectivity index is 0.00000363. The lowest BCUT2D eigenvalue weighted by atomic mass is 10.1. The number of guanidine groups is 1. The number of halogens is 1. The van der Waals surface area contributed by atoms with Crippen LogP contribution in [0.2, 0.25) is 0 Å². The monoisotopic (exact) mass is 570 g/mol. The van der Waals surface area contributed by atoms with Crippen molar-refractivity contribution in [2.75, 3.05) is 14.1 Å². The van der Waals surface area contributed by atoms with Gasteiger partial charge in [0.15, 0.2) is 10.9 Å². The molecule has 10 heteroatoms. The van der Waals surface area contributed by atoms with Gasteiger partial charge in [0.1, 0.15) is 5.60 Å². The molecule has 32 heavy (non-hydrogen) atoms. The average Bonchev–Trinajstić information content (AvgIpc) is 3.30. The van der Waals surface area contributed by atoms with Gasteiger partial charge in [-0.1, -0.05) is 24.3 Å². The molecular formula is C22H31IN6O2S. The SMILES string of the molecule is CN=C(NCc1ccc(CN(C)C(=O)OC(C)(C)C)cc1)NCc1cn2ccsc2n1.I. The Morgan fingerprint density at radius 3 is 2.47 bits per heavy atom. The van der Waals surface area contributed by atoms with Crippen LogP contribution in [0.15, 0.2) is 47.0 Å². The fourth-order valence-corrected chi connectivity index (χ4v) is 3.60. The number of ether oxygens (including phenoxy) is 1. The molecule has 0 aliphatic heterocycles. The molecule has 3 rings (SSSR count). The van der Waals surface area contributed by atoms with E-state index in [2.05, 4.69) is 20.6 Å². The lowest BCUT2D eigenvalue weighted by Gasteiger charge is -2.24. The first-order chi connectivity index (χ1) is 14.7. The van der Waals surface area contributed by atoms with E-state index in [1.54, 1.807) is 30.3 Å². The summed E-state index contributed by atoms with van der Waals surface area (Å²) in [5.41, 5.74) is 2.63. The van der Waals surface area contributed by atoms with Crippen molar-refractivity contribution >= 4 is 52.3 Å². The number of carbonyl (C=O) groups is 1. The first-order valence-electron chi connectivity index (χ1n) is 10.1. The molecule has 0 unspecified atom stereocenters. The zero-order valence-corrected chi connectivity index (χ0v) is 22.2. The van der Waals surface area contributed by atoms with Crippen molar-refractivity contribution in [2.24, 2.45) is 4.99 Å². The highest BCUT2D eigenvalue weighted by molar-refractivity contribution is 14.0. The quantitative estimate of drug-likeness (QED) is 0.263. The highest BCUT2D eigenvalue weighted by Crippen LogP contribution is 2.13. The predicted octanol–water partition coefficient (Wildman–Crippen LogP) is 4.25. The van der Waals surface area contributed by atoms with Crippen molar-refractivity contribution in [1.29, 1.82) is 0 Å². The highest BCUT2D eigenvalue weighted by Gasteiger charge is 2.19. The summed E-state index contributed by atoms with van der Waals surface area (Å²) in [5, 5.41) is 8.61. The number of nitrogens with zero attached hydrogens (tertiary/aromatic N) is 4. The number of carbonyl (C=O) groups excluding carboxylic acids is 1. The molecule has 8 nitrogen and oxygen atoms in total. The molecule has 0 atom stereocenters. The summed E-state index contributed by atoms with van der Waals surface area (Å²) in [5.74, 6) is 0.713. The molecule has 0 radical (unpaired) electrons. The summed E-state index contributed by atoms with van der Waals surface area (Å²) in [6, 6.07) is 8.13. The fraction of sp³-hybridized carbons (Fsp3) is 0.409. The summed E-state index contributed by atoms with van der Waals surface area (Å²) < 4.78 is 7.41. The van der Waals surface area contributed by atoms with Crippen molar-refractivity contribution in [3.8, 4) is 0 Å². The molecule has 0 saturated heterocycles. The van der Waals surface area contributed by atoms with Crippen molar-refractivity contribution < 1.29 is 9.53 Å². The van der Waals surface area contributed by atoms with Crippen LogP contribution in [-0.2, 0) is 24.4 Å². The van der Waals surface area contributed by atoms with Gasteiger partial charge in [0.05, 0.1) is 12.2 Å². The van der Waals surface area contributed by atoms with Crippen molar-refractivity contribution in [3.05, 3.63) is 58.9 Å². The average molecular weight is 571 g/mol. The van der Waals surface area contributed by atoms with Crippen LogP contribution in [0.25, 0.3) is 4.96 Å². The van der Waals surface area contributed by atoms with E-state index in [0.717, 1.165) is 21.8 Å². The van der Waals surface area contributed by atoms with Gasteiger partial charge in [0.25, 0.3) is 0 Å². The zero-order chi connectivity index (χ0) is 22.4. The number of fused-ring (bicyclic) bond motifs is 1. The van der Waals surface area contributed by atoms with Crippen LogP contribution in [0.4, 0.5) is 4.79 Å². The number of hydrogen-bond acceptors (Lipinski definition) is 5. The van der Waals surface area contributed by atoms with Gasteiger partial charge in [0, 0.05) is 45.0 Å². The maximum Gasteiger partial charge on any atom is 0.410 e. The second-order valence-electron chi connectivity index (χ2n) is 8.26. The Morgan fingerprint density at radius 1 is 1.19 bits per heavy atom. The van der Waals surface area contributed by atoms with E-state index >= 15 is 0 Å². The van der Waals surface area contributed by atoms with Crippen molar-refractivity contribution in [2.45, 2.75) is 46.0 Å². The van der Waals surface area contributed by atoms with Gasteiger partial charge in [-0.2, -0.15) is 0 Å². The number of amides is 1. The lowest BCUT2D eigenvalue weighted by Crippen LogP contribution is -2.36. The molecule has 0 spiro atoms. The number of aromatic nitrogens is 2. The topological polar surface area (TPSA) is 83.3 Å². The van der Waals surface area contributed by atoms with Gasteiger partial charge < -0.3 is 20.3 Å². The number of hydrogen-bond donors (Lipinski definition) is 2. The Hall–Kier alpha value is -2.34. The van der Waals surface area contributed by atoms with Crippen molar-refractivity contribution in [1.82, 2.24) is 24.9 Å². The number of thiazole rings is 1. The first-order valence-corrected chi connectivity index (χ1v) is 11.0. The molecule has 0 aliphatic carbocycles. The van der Waals surface area contributed by atoms with Gasteiger partial charge in [-0.05, 0) is 31.9 Å². The van der Waals surface area contributed by atoms with E-state index in [-0.39, 0.29) is 30.1 Å². The third-order valence-corrected chi connectivity index (χ3v) is 5.18. The molecule has 0 aliphatic rings. The molecule has 174 valence electrons. The van der Waals surface area contributed by atoms with Crippen molar-refractivity contribution in [3.63, 3.8) is 0 Å². The number of nitrogens with one attached hydrogen (secondary N) is 2. The molecular weight excluding hydrogens is 539 g/mol. The van der Waals surface area contributed by atoms with Crippen LogP contribution in [0, 0.1) is 0 Å². The Bertz CT molecular complexity index is 1010. The maximum absolute atomic E-state index is 12.1. The molecule has 2 N–H and O–H groups in total. The van der Waals surface area contributed by atoms with E-state index in [9.17, 15) is 4.79 Å². The number of rotatable bonds is 6. The van der Waals surface area contributed by atoms with E-state index in [0.29, 0.717) is 25.6 Å². The highest BCUT2D eigenvalue weighted by atomic mass is 127. The van der Waals surface area contributed by atoms with Gasteiger partial charge in [-0.15, -0.1) is 35.3 Å². The summed E-state index contributed by atoms with van der Waals surface area (Å²) in [6.07, 6.45) is 3.68. The smallest absolute Gasteiger partial charge is 0.410 e. The number of imidazole rings is 1. The van der Waals surface area contributed by atoms with E-state index in [1.807, 2.05) is 67.2 Å². The Kier molecular flexibility index (Phi) is 9.32. The van der Waals surface area contributed by atoms with E-state index < -0.39 is 5.60 Å². The van der Waals surface area contributed by atoms with Crippen LogP contribution in [0.3, 0.4) is 0 Å². The second-order valence-corrected chi connectivity index (χ2v) is 9.13. The standard InChI is InChI=1S/C22H30N6O2S.HI/c1-22(2,3)30-21(29)27(5)14-17-8-6-16(7-9-17)12-24-19(23-4)25-13-18-15-28-10-11-31-20(28)26-18;/h6-11,15H,12-14H2,1-5H3,(H2,23,24,25);1H. The molecule has 0 bridgehead atoms. The van der Waals surface area contributed by atoms with Crippen LogP contribution in [0.5, 0.6) is 0 Å². The van der Waals surface area contributed by atoms with Crippen LogP contribution >= 0.6 is 35.3 Å². The normalized spacial score (nSPS) is 11.7. The third kappa shape index (κ3) is 7.66. The molecule has 0 saturated carbocycles. The minimum atomic E-state index is -0.499. The van der Waals surface area contributed by atoms with E-state index in [4.69, 9.17) is 4.74 Å². The summed E-state index contributed by atoms with van der Waals surface area (Å²) in [4.78, 5) is 23.5. The Morgan fingerprint density at radius 2 is 1.84 bits per heavy atom. The molecule has 2 heterocycles. The minimum absolute atomic E-state index is 0. The molecule has 0 fully saturated rings. The van der Waals surface area contributed by atoms with Gasteiger partial charge >= 0.3 is 6.09 Å². The number of benzene rings is 1. The maximum atomic E-state index is 12.1. The molecule has 3 aromatic rings. The molecule has 1 aromatic carbocycles. The van der Waals surface area contributed by atoms with Gasteiger partial charge in [0.2, 0.25) is 0 Å². The first kappa shape index (κ1) is 25.9.